The molecule has 1 aliphatic heterocycles. The summed E-state index contributed by atoms with van der Waals surface area (Å²) < 4.78 is 3.21. The van der Waals surface area contributed by atoms with Crippen molar-refractivity contribution in [3.63, 3.8) is 0 Å². The highest BCUT2D eigenvalue weighted by atomic mass is 35.5. The highest BCUT2D eigenvalue weighted by molar-refractivity contribution is 7.99. The first kappa shape index (κ1) is 23.1. The Balaban J connectivity index is 1.82. The average Bonchev–Trinajstić information content (AvgIpc) is 3.15. The standard InChI is InChI=1S/C25H21ClN6O2S/c1-4-14-35-25-27-23(34)21-18-12-8-9-13-19(18)30(16(3)33)24(32(21)29-25)20-15(2)28-31(22(20)26)17-10-6-5-7-11-17/h4-13,24H,1,14H2,2-3H3/p+1/t24-/m0/s1. The number of hydrogen-bond acceptors (Lipinski definition) is 5. The Hall–Kier alpha value is -3.69. The highest BCUT2D eigenvalue weighted by Crippen LogP contribution is 2.40. The van der Waals surface area contributed by atoms with Crippen LogP contribution in [-0.4, -0.2) is 31.5 Å². The van der Waals surface area contributed by atoms with Crippen LogP contribution in [0.1, 0.15) is 24.3 Å². The van der Waals surface area contributed by atoms with Gasteiger partial charge in [0.25, 0.3) is 6.17 Å². The van der Waals surface area contributed by atoms with E-state index in [1.165, 1.54) is 18.7 Å². The number of para-hydroxylation sites is 2. The molecule has 0 saturated carbocycles. The van der Waals surface area contributed by atoms with Gasteiger partial charge in [0, 0.05) is 17.8 Å². The minimum Gasteiger partial charge on any atom is -0.291 e. The zero-order valence-electron chi connectivity index (χ0n) is 19.1. The van der Waals surface area contributed by atoms with Gasteiger partial charge in [-0.25, -0.2) is 9.58 Å². The first-order chi connectivity index (χ1) is 16.9. The van der Waals surface area contributed by atoms with Crippen LogP contribution in [0.3, 0.4) is 0 Å². The van der Waals surface area contributed by atoms with Gasteiger partial charge in [-0.2, -0.15) is 5.10 Å². The van der Waals surface area contributed by atoms with Gasteiger partial charge in [0.15, 0.2) is 0 Å². The average molecular weight is 506 g/mol. The highest BCUT2D eigenvalue weighted by Gasteiger charge is 2.47. The van der Waals surface area contributed by atoms with Gasteiger partial charge in [0.2, 0.25) is 11.1 Å². The molecule has 1 amide bonds. The second-order valence-electron chi connectivity index (χ2n) is 7.97. The molecule has 176 valence electrons. The lowest BCUT2D eigenvalue weighted by atomic mass is 10.0. The second-order valence-corrected chi connectivity index (χ2v) is 9.34. The Morgan fingerprint density at radius 3 is 2.66 bits per heavy atom. The lowest BCUT2D eigenvalue weighted by Gasteiger charge is -2.31. The minimum absolute atomic E-state index is 0.217. The van der Waals surface area contributed by atoms with Crippen molar-refractivity contribution in [2.75, 3.05) is 10.7 Å². The molecule has 5 rings (SSSR count). The molecule has 0 fully saturated rings. The number of aromatic nitrogens is 5. The molecular weight excluding hydrogens is 484 g/mol. The summed E-state index contributed by atoms with van der Waals surface area (Å²) in [6, 6.07) is 16.8. The van der Waals surface area contributed by atoms with Gasteiger partial charge >= 0.3 is 11.3 Å². The number of halogens is 1. The SMILES string of the molecule is C=CCSc1n[n+]2c(c(=O)[nH]1)-c1ccccc1N(C(C)=O)[C@@H]2c1c(C)nn(-c2ccccc2)c1Cl. The maximum absolute atomic E-state index is 13.3. The summed E-state index contributed by atoms with van der Waals surface area (Å²) >= 11 is 8.28. The van der Waals surface area contributed by atoms with Gasteiger partial charge in [-0.05, 0) is 35.9 Å². The largest absolute Gasteiger partial charge is 0.325 e. The minimum atomic E-state index is -0.812. The summed E-state index contributed by atoms with van der Waals surface area (Å²) in [5.74, 6) is 0.344. The van der Waals surface area contributed by atoms with Crippen LogP contribution in [0.2, 0.25) is 5.15 Å². The first-order valence-electron chi connectivity index (χ1n) is 10.9. The lowest BCUT2D eigenvalue weighted by Crippen LogP contribution is -2.60. The molecule has 3 heterocycles. The van der Waals surface area contributed by atoms with Crippen LogP contribution in [0, 0.1) is 6.92 Å². The molecule has 0 radical (unpaired) electrons. The number of nitrogens with zero attached hydrogens (tertiary/aromatic N) is 5. The molecule has 0 spiro atoms. The van der Waals surface area contributed by atoms with Crippen LogP contribution in [0.25, 0.3) is 16.9 Å². The number of fused-ring (bicyclic) bond motifs is 3. The number of carbonyl (C=O) groups is 1. The molecule has 0 saturated heterocycles. The number of aromatic amines is 1. The Morgan fingerprint density at radius 2 is 1.94 bits per heavy atom. The maximum atomic E-state index is 13.3. The van der Waals surface area contributed by atoms with E-state index in [2.05, 4.69) is 16.7 Å². The molecular formula is C25H22ClN6O2S+. The Kier molecular flexibility index (Phi) is 6.04. The quantitative estimate of drug-likeness (QED) is 0.251. The summed E-state index contributed by atoms with van der Waals surface area (Å²) in [6.07, 6.45) is 0.918. The topological polar surface area (TPSA) is 87.8 Å². The Bertz CT molecular complexity index is 1510. The molecule has 8 nitrogen and oxygen atoms in total. The van der Waals surface area contributed by atoms with Crippen molar-refractivity contribution >= 4 is 35.0 Å². The van der Waals surface area contributed by atoms with Gasteiger partial charge in [-0.3, -0.25) is 14.6 Å². The van der Waals surface area contributed by atoms with Crippen molar-refractivity contribution in [2.24, 2.45) is 0 Å². The zero-order valence-corrected chi connectivity index (χ0v) is 20.7. The van der Waals surface area contributed by atoms with Crippen LogP contribution in [-0.2, 0) is 4.79 Å². The van der Waals surface area contributed by atoms with Crippen LogP contribution in [0.15, 0.2) is 77.2 Å². The van der Waals surface area contributed by atoms with Crippen LogP contribution in [0.4, 0.5) is 5.69 Å². The fraction of sp³-hybridized carbons (Fsp3) is 0.160. The zero-order chi connectivity index (χ0) is 24.7. The fourth-order valence-corrected chi connectivity index (χ4v) is 5.28. The van der Waals surface area contributed by atoms with E-state index in [0.29, 0.717) is 44.3 Å². The van der Waals surface area contributed by atoms with Crippen molar-refractivity contribution in [3.8, 4) is 16.9 Å². The predicted molar refractivity (Wildman–Crippen MR) is 136 cm³/mol. The number of carbonyl (C=O) groups excluding carboxylic acids is 1. The van der Waals surface area contributed by atoms with E-state index < -0.39 is 6.17 Å². The van der Waals surface area contributed by atoms with Crippen molar-refractivity contribution < 1.29 is 9.48 Å². The van der Waals surface area contributed by atoms with Gasteiger partial charge in [0.05, 0.1) is 22.6 Å². The number of nitrogens with one attached hydrogen (secondary N) is 1. The number of amides is 1. The Labute approximate surface area is 210 Å². The normalized spacial score (nSPS) is 14.4. The third-order valence-corrected chi connectivity index (χ3v) is 6.97. The predicted octanol–water partition coefficient (Wildman–Crippen LogP) is 4.06. The number of benzene rings is 2. The summed E-state index contributed by atoms with van der Waals surface area (Å²) in [5, 5.41) is 10.2. The van der Waals surface area contributed by atoms with E-state index >= 15 is 0 Å². The monoisotopic (exact) mass is 505 g/mol. The van der Waals surface area contributed by atoms with E-state index in [0.717, 1.165) is 5.69 Å². The number of H-pyrrole nitrogens is 1. The maximum Gasteiger partial charge on any atom is 0.325 e. The summed E-state index contributed by atoms with van der Waals surface area (Å²) in [6.45, 7) is 7.06. The van der Waals surface area contributed by atoms with E-state index in [9.17, 15) is 9.59 Å². The summed E-state index contributed by atoms with van der Waals surface area (Å²) in [5.41, 5.74) is 3.23. The molecule has 2 aromatic carbocycles. The number of aryl methyl sites for hydroxylation is 1. The molecule has 1 atom stereocenters. The molecule has 1 N–H and O–H groups in total. The fourth-order valence-electron chi connectivity index (χ4n) is 4.32. The molecule has 2 aromatic heterocycles. The van der Waals surface area contributed by atoms with Crippen molar-refractivity contribution in [2.45, 2.75) is 25.2 Å². The molecule has 10 heteroatoms. The smallest absolute Gasteiger partial charge is 0.291 e. The second kappa shape index (κ2) is 9.16. The third kappa shape index (κ3) is 3.86. The van der Waals surface area contributed by atoms with E-state index in [1.54, 1.807) is 20.3 Å². The number of anilines is 1. The molecule has 1 aliphatic rings. The molecule has 0 bridgehead atoms. The number of thioether (sulfide) groups is 1. The Morgan fingerprint density at radius 1 is 1.23 bits per heavy atom. The molecule has 0 aliphatic carbocycles. The van der Waals surface area contributed by atoms with Gasteiger partial charge < -0.3 is 0 Å². The number of hydrogen-bond donors (Lipinski definition) is 1. The molecule has 0 unspecified atom stereocenters. The molecule has 35 heavy (non-hydrogen) atoms. The lowest BCUT2D eigenvalue weighted by molar-refractivity contribution is -0.763. The third-order valence-electron chi connectivity index (χ3n) is 5.74. The van der Waals surface area contributed by atoms with Crippen molar-refractivity contribution in [3.05, 3.63) is 94.0 Å². The van der Waals surface area contributed by atoms with Crippen LogP contribution >= 0.6 is 23.4 Å². The molecule has 4 aromatic rings. The first-order valence-corrected chi connectivity index (χ1v) is 12.3. The number of rotatable bonds is 5. The van der Waals surface area contributed by atoms with Crippen LogP contribution < -0.4 is 15.1 Å². The summed E-state index contributed by atoms with van der Waals surface area (Å²) in [4.78, 5) is 30.9. The van der Waals surface area contributed by atoms with Gasteiger partial charge in [0.1, 0.15) is 10.7 Å². The van der Waals surface area contributed by atoms with Crippen LogP contribution in [0.5, 0.6) is 0 Å². The van der Waals surface area contributed by atoms with E-state index in [1.807, 2.05) is 61.5 Å². The van der Waals surface area contributed by atoms with Crippen molar-refractivity contribution in [1.29, 1.82) is 0 Å². The summed E-state index contributed by atoms with van der Waals surface area (Å²) in [7, 11) is 0. The van der Waals surface area contributed by atoms with Gasteiger partial charge in [-0.15, -0.1) is 6.58 Å². The van der Waals surface area contributed by atoms with Gasteiger partial charge in [-0.1, -0.05) is 59.8 Å². The van der Waals surface area contributed by atoms with E-state index in [4.69, 9.17) is 16.7 Å². The van der Waals surface area contributed by atoms with E-state index in [-0.39, 0.29) is 11.5 Å². The van der Waals surface area contributed by atoms with Crippen molar-refractivity contribution in [1.82, 2.24) is 19.9 Å².